The second-order valence-electron chi connectivity index (χ2n) is 5.36. The highest BCUT2D eigenvalue weighted by Crippen LogP contribution is 2.22. The van der Waals surface area contributed by atoms with Gasteiger partial charge in [-0.3, -0.25) is 9.69 Å². The number of benzene rings is 1. The average Bonchev–Trinajstić information content (AvgIpc) is 2.41. The summed E-state index contributed by atoms with van der Waals surface area (Å²) in [4.78, 5) is 15.8. The first-order valence-corrected chi connectivity index (χ1v) is 6.71. The van der Waals surface area contributed by atoms with Crippen molar-refractivity contribution in [2.45, 2.75) is 25.9 Å². The first-order valence-electron chi connectivity index (χ1n) is 6.71. The number of hydrogen-bond donors (Lipinski definition) is 1. The maximum absolute atomic E-state index is 11.3. The van der Waals surface area contributed by atoms with Gasteiger partial charge in [-0.2, -0.15) is 0 Å². The molecule has 1 fully saturated rings. The predicted octanol–water partition coefficient (Wildman–Crippen LogP) is 1.39. The van der Waals surface area contributed by atoms with Gasteiger partial charge in [-0.25, -0.2) is 0 Å². The normalized spacial score (nSPS) is 24.5. The van der Waals surface area contributed by atoms with Gasteiger partial charge in [-0.15, -0.1) is 0 Å². The zero-order valence-electron chi connectivity index (χ0n) is 11.8. The number of Topliss-reactive ketones (excluding diaryl/α,β-unsaturated/α-hetero) is 1. The molecule has 0 spiro atoms. The zero-order valence-corrected chi connectivity index (χ0v) is 11.8. The minimum absolute atomic E-state index is 0.0894. The van der Waals surface area contributed by atoms with E-state index in [2.05, 4.69) is 23.8 Å². The van der Waals surface area contributed by atoms with Gasteiger partial charge >= 0.3 is 0 Å². The molecule has 1 aliphatic heterocycles. The molecule has 2 rings (SSSR count). The lowest BCUT2D eigenvalue weighted by Gasteiger charge is -2.44. The SMILES string of the molecule is CC(=O)c1ccc(N2CC(C)N(C)C(CO)C2)cc1. The Morgan fingerprint density at radius 3 is 2.47 bits per heavy atom. The third kappa shape index (κ3) is 2.96. The van der Waals surface area contributed by atoms with E-state index in [4.69, 9.17) is 0 Å². The van der Waals surface area contributed by atoms with Gasteiger partial charge in [-0.05, 0) is 45.2 Å². The summed E-state index contributed by atoms with van der Waals surface area (Å²) in [5.74, 6) is 0.0894. The lowest BCUT2D eigenvalue weighted by Crippen LogP contribution is -2.57. The fraction of sp³-hybridized carbons (Fsp3) is 0.533. The number of nitrogens with zero attached hydrogens (tertiary/aromatic N) is 2. The highest BCUT2D eigenvalue weighted by molar-refractivity contribution is 5.94. The molecular weight excluding hydrogens is 240 g/mol. The molecule has 4 heteroatoms. The summed E-state index contributed by atoms with van der Waals surface area (Å²) >= 11 is 0. The Labute approximate surface area is 114 Å². The van der Waals surface area contributed by atoms with E-state index in [9.17, 15) is 9.90 Å². The Bertz CT molecular complexity index is 444. The summed E-state index contributed by atoms with van der Waals surface area (Å²) < 4.78 is 0. The minimum Gasteiger partial charge on any atom is -0.395 e. The van der Waals surface area contributed by atoms with E-state index in [0.29, 0.717) is 6.04 Å². The molecule has 4 nitrogen and oxygen atoms in total. The molecular formula is C15H22N2O2. The third-order valence-corrected chi connectivity index (χ3v) is 4.04. The Hall–Kier alpha value is -1.39. The predicted molar refractivity (Wildman–Crippen MR) is 76.8 cm³/mol. The average molecular weight is 262 g/mol. The second kappa shape index (κ2) is 5.72. The molecule has 0 saturated carbocycles. The Morgan fingerprint density at radius 1 is 1.32 bits per heavy atom. The number of anilines is 1. The first kappa shape index (κ1) is 14.0. The maximum atomic E-state index is 11.3. The number of likely N-dealkylation sites (N-methyl/N-ethyl adjacent to an activating group) is 1. The number of aliphatic hydroxyl groups excluding tert-OH is 1. The molecule has 2 atom stereocenters. The zero-order chi connectivity index (χ0) is 14.0. The van der Waals surface area contributed by atoms with Crippen LogP contribution in [0.25, 0.3) is 0 Å². The van der Waals surface area contributed by atoms with Crippen molar-refractivity contribution < 1.29 is 9.90 Å². The number of hydrogen-bond acceptors (Lipinski definition) is 4. The molecule has 0 radical (unpaired) electrons. The highest BCUT2D eigenvalue weighted by Gasteiger charge is 2.28. The van der Waals surface area contributed by atoms with Gasteiger partial charge in [0.15, 0.2) is 5.78 Å². The van der Waals surface area contributed by atoms with Crippen LogP contribution < -0.4 is 4.90 Å². The standard InChI is InChI=1S/C15H22N2O2/c1-11-8-17(9-15(10-18)16(11)3)14-6-4-13(5-7-14)12(2)19/h4-7,11,15,18H,8-10H2,1-3H3. The molecule has 1 aromatic carbocycles. The molecule has 1 N–H and O–H groups in total. The van der Waals surface area contributed by atoms with E-state index < -0.39 is 0 Å². The summed E-state index contributed by atoms with van der Waals surface area (Å²) in [5.41, 5.74) is 1.85. The van der Waals surface area contributed by atoms with Crippen LogP contribution in [0.4, 0.5) is 5.69 Å². The van der Waals surface area contributed by atoms with Gasteiger partial charge in [0.25, 0.3) is 0 Å². The quantitative estimate of drug-likeness (QED) is 0.836. The number of aliphatic hydroxyl groups is 1. The summed E-state index contributed by atoms with van der Waals surface area (Å²) in [7, 11) is 2.06. The molecule has 1 heterocycles. The molecule has 1 aromatic rings. The fourth-order valence-electron chi connectivity index (χ4n) is 2.57. The molecule has 0 aliphatic carbocycles. The third-order valence-electron chi connectivity index (χ3n) is 4.04. The second-order valence-corrected chi connectivity index (χ2v) is 5.36. The molecule has 0 aromatic heterocycles. The van der Waals surface area contributed by atoms with Gasteiger partial charge in [0.1, 0.15) is 0 Å². The van der Waals surface area contributed by atoms with Crippen LogP contribution in [-0.4, -0.2) is 54.6 Å². The molecule has 0 amide bonds. The van der Waals surface area contributed by atoms with Gasteiger partial charge in [0.2, 0.25) is 0 Å². The number of piperazine rings is 1. The van der Waals surface area contributed by atoms with E-state index in [1.54, 1.807) is 6.92 Å². The van der Waals surface area contributed by atoms with E-state index in [0.717, 1.165) is 24.3 Å². The smallest absolute Gasteiger partial charge is 0.159 e. The number of rotatable bonds is 3. The van der Waals surface area contributed by atoms with Crippen LogP contribution in [-0.2, 0) is 0 Å². The molecule has 2 unspecified atom stereocenters. The fourth-order valence-corrected chi connectivity index (χ4v) is 2.57. The van der Waals surface area contributed by atoms with Crippen molar-refractivity contribution in [2.24, 2.45) is 0 Å². The van der Waals surface area contributed by atoms with E-state index in [-0.39, 0.29) is 18.4 Å². The Balaban J connectivity index is 2.15. The summed E-state index contributed by atoms with van der Waals surface area (Å²) in [6, 6.07) is 8.28. The van der Waals surface area contributed by atoms with Crippen LogP contribution in [0.5, 0.6) is 0 Å². The van der Waals surface area contributed by atoms with Gasteiger partial charge in [-0.1, -0.05) is 0 Å². The molecule has 1 saturated heterocycles. The van der Waals surface area contributed by atoms with E-state index in [1.165, 1.54) is 0 Å². The number of carbonyl (C=O) groups excluding carboxylic acids is 1. The van der Waals surface area contributed by atoms with E-state index in [1.807, 2.05) is 24.3 Å². The van der Waals surface area contributed by atoms with Crippen molar-refractivity contribution in [1.82, 2.24) is 4.90 Å². The summed E-state index contributed by atoms with van der Waals surface area (Å²) in [6.45, 7) is 5.67. The Morgan fingerprint density at radius 2 is 1.95 bits per heavy atom. The van der Waals surface area contributed by atoms with Crippen LogP contribution in [0.15, 0.2) is 24.3 Å². The molecule has 104 valence electrons. The first-order chi connectivity index (χ1) is 9.02. The summed E-state index contributed by atoms with van der Waals surface area (Å²) in [6.07, 6.45) is 0. The van der Waals surface area contributed by atoms with Crippen molar-refractivity contribution >= 4 is 11.5 Å². The van der Waals surface area contributed by atoms with Crippen LogP contribution in [0.2, 0.25) is 0 Å². The number of carbonyl (C=O) groups is 1. The van der Waals surface area contributed by atoms with E-state index >= 15 is 0 Å². The van der Waals surface area contributed by atoms with Crippen molar-refractivity contribution in [3.8, 4) is 0 Å². The number of ketones is 1. The van der Waals surface area contributed by atoms with Crippen LogP contribution in [0.1, 0.15) is 24.2 Å². The Kier molecular flexibility index (Phi) is 4.22. The highest BCUT2D eigenvalue weighted by atomic mass is 16.3. The van der Waals surface area contributed by atoms with Crippen molar-refractivity contribution in [2.75, 3.05) is 31.6 Å². The van der Waals surface area contributed by atoms with Crippen LogP contribution in [0, 0.1) is 0 Å². The van der Waals surface area contributed by atoms with Gasteiger partial charge < -0.3 is 10.0 Å². The van der Waals surface area contributed by atoms with Crippen molar-refractivity contribution in [3.63, 3.8) is 0 Å². The minimum atomic E-state index is 0.0894. The lowest BCUT2D eigenvalue weighted by atomic mass is 10.1. The van der Waals surface area contributed by atoms with Gasteiger partial charge in [0, 0.05) is 30.4 Å². The monoisotopic (exact) mass is 262 g/mol. The topological polar surface area (TPSA) is 43.8 Å². The molecule has 0 bridgehead atoms. The van der Waals surface area contributed by atoms with Crippen LogP contribution >= 0.6 is 0 Å². The van der Waals surface area contributed by atoms with Crippen LogP contribution in [0.3, 0.4) is 0 Å². The molecule has 19 heavy (non-hydrogen) atoms. The lowest BCUT2D eigenvalue weighted by molar-refractivity contribution is 0.0996. The summed E-state index contributed by atoms with van der Waals surface area (Å²) in [5, 5.41) is 9.45. The largest absolute Gasteiger partial charge is 0.395 e. The maximum Gasteiger partial charge on any atom is 0.159 e. The van der Waals surface area contributed by atoms with Gasteiger partial charge in [0.05, 0.1) is 12.6 Å². The van der Waals surface area contributed by atoms with Crippen molar-refractivity contribution in [3.05, 3.63) is 29.8 Å². The molecule has 1 aliphatic rings. The van der Waals surface area contributed by atoms with Crippen molar-refractivity contribution in [1.29, 1.82) is 0 Å².